The van der Waals surface area contributed by atoms with Gasteiger partial charge in [-0.15, -0.1) is 0 Å². The molecule has 88 valence electrons. The summed E-state index contributed by atoms with van der Waals surface area (Å²) >= 11 is 0. The molecule has 0 spiro atoms. The van der Waals surface area contributed by atoms with Crippen LogP contribution in [0.4, 0.5) is 0 Å². The third-order valence-corrected chi connectivity index (χ3v) is 3.51. The van der Waals surface area contributed by atoms with Gasteiger partial charge in [-0.2, -0.15) is 0 Å². The molecule has 0 aromatic heterocycles. The van der Waals surface area contributed by atoms with Gasteiger partial charge in [0.1, 0.15) is 0 Å². The summed E-state index contributed by atoms with van der Waals surface area (Å²) in [5.74, 6) is 0. The molecule has 0 amide bonds. The van der Waals surface area contributed by atoms with Crippen molar-refractivity contribution < 1.29 is 0 Å². The van der Waals surface area contributed by atoms with Gasteiger partial charge in [0, 0.05) is 31.7 Å². The van der Waals surface area contributed by atoms with Crippen molar-refractivity contribution in [3.8, 4) is 0 Å². The van der Waals surface area contributed by atoms with Gasteiger partial charge in [-0.3, -0.25) is 4.90 Å². The highest BCUT2D eigenvalue weighted by atomic mass is 15.2. The van der Waals surface area contributed by atoms with E-state index < -0.39 is 0 Å². The molecule has 16 heavy (non-hydrogen) atoms. The average Bonchev–Trinajstić information content (AvgIpc) is 2.30. The van der Waals surface area contributed by atoms with E-state index in [4.69, 9.17) is 0 Å². The SMILES string of the molecule is C[C@@H]1CNC[C@H](C)N1CCc1ccccc1. The lowest BCUT2D eigenvalue weighted by atomic mass is 10.1. The highest BCUT2D eigenvalue weighted by Gasteiger charge is 2.23. The maximum Gasteiger partial charge on any atom is 0.0195 e. The Bertz CT molecular complexity index is 300. The Morgan fingerprint density at radius 2 is 1.75 bits per heavy atom. The highest BCUT2D eigenvalue weighted by Crippen LogP contribution is 2.11. The first-order chi connectivity index (χ1) is 7.77. The molecule has 1 aromatic rings. The molecule has 2 atom stereocenters. The van der Waals surface area contributed by atoms with E-state index in [1.165, 1.54) is 12.1 Å². The minimum Gasteiger partial charge on any atom is -0.314 e. The molecule has 1 N–H and O–H groups in total. The molecule has 0 unspecified atom stereocenters. The van der Waals surface area contributed by atoms with Crippen LogP contribution in [-0.2, 0) is 6.42 Å². The lowest BCUT2D eigenvalue weighted by Gasteiger charge is -2.39. The molecule has 1 aromatic carbocycles. The number of benzene rings is 1. The molecule has 1 heterocycles. The summed E-state index contributed by atoms with van der Waals surface area (Å²) in [6.07, 6.45) is 1.16. The quantitative estimate of drug-likeness (QED) is 0.834. The molecular formula is C14H22N2. The Hall–Kier alpha value is -0.860. The highest BCUT2D eigenvalue weighted by molar-refractivity contribution is 5.15. The average molecular weight is 218 g/mol. The number of piperazine rings is 1. The topological polar surface area (TPSA) is 15.3 Å². The summed E-state index contributed by atoms with van der Waals surface area (Å²) in [6.45, 7) is 8.05. The zero-order valence-corrected chi connectivity index (χ0v) is 10.3. The van der Waals surface area contributed by atoms with E-state index in [0.717, 1.165) is 19.5 Å². The molecular weight excluding hydrogens is 196 g/mol. The first-order valence-corrected chi connectivity index (χ1v) is 6.28. The van der Waals surface area contributed by atoms with Crippen molar-refractivity contribution in [1.82, 2.24) is 10.2 Å². The van der Waals surface area contributed by atoms with Gasteiger partial charge < -0.3 is 5.32 Å². The van der Waals surface area contributed by atoms with Crippen molar-refractivity contribution in [3.63, 3.8) is 0 Å². The van der Waals surface area contributed by atoms with Gasteiger partial charge in [0.05, 0.1) is 0 Å². The van der Waals surface area contributed by atoms with E-state index in [1.54, 1.807) is 0 Å². The van der Waals surface area contributed by atoms with Crippen LogP contribution in [0.5, 0.6) is 0 Å². The molecule has 0 bridgehead atoms. The fourth-order valence-electron chi connectivity index (χ4n) is 2.51. The van der Waals surface area contributed by atoms with Crippen LogP contribution < -0.4 is 5.32 Å². The first-order valence-electron chi connectivity index (χ1n) is 6.28. The maximum atomic E-state index is 3.47. The van der Waals surface area contributed by atoms with Gasteiger partial charge in [-0.1, -0.05) is 30.3 Å². The second kappa shape index (κ2) is 5.46. The van der Waals surface area contributed by atoms with Crippen molar-refractivity contribution in [1.29, 1.82) is 0 Å². The summed E-state index contributed by atoms with van der Waals surface area (Å²) < 4.78 is 0. The Kier molecular flexibility index (Phi) is 3.97. The van der Waals surface area contributed by atoms with E-state index >= 15 is 0 Å². The van der Waals surface area contributed by atoms with E-state index in [9.17, 15) is 0 Å². The lowest BCUT2D eigenvalue weighted by Crippen LogP contribution is -2.55. The van der Waals surface area contributed by atoms with E-state index in [1.807, 2.05) is 0 Å². The summed E-state index contributed by atoms with van der Waals surface area (Å²) in [5.41, 5.74) is 1.44. The van der Waals surface area contributed by atoms with E-state index in [-0.39, 0.29) is 0 Å². The van der Waals surface area contributed by atoms with Crippen LogP contribution in [0.2, 0.25) is 0 Å². The molecule has 0 aliphatic carbocycles. The maximum absolute atomic E-state index is 3.47. The van der Waals surface area contributed by atoms with Crippen molar-refractivity contribution in [2.24, 2.45) is 0 Å². The van der Waals surface area contributed by atoms with Gasteiger partial charge in [0.15, 0.2) is 0 Å². The van der Waals surface area contributed by atoms with E-state index in [2.05, 4.69) is 54.4 Å². The Morgan fingerprint density at radius 1 is 1.12 bits per heavy atom. The van der Waals surface area contributed by atoms with Gasteiger partial charge in [0.2, 0.25) is 0 Å². The van der Waals surface area contributed by atoms with Crippen LogP contribution >= 0.6 is 0 Å². The number of nitrogens with one attached hydrogen (secondary N) is 1. The van der Waals surface area contributed by atoms with Crippen LogP contribution in [0.1, 0.15) is 19.4 Å². The van der Waals surface area contributed by atoms with E-state index in [0.29, 0.717) is 12.1 Å². The van der Waals surface area contributed by atoms with Crippen molar-refractivity contribution in [2.75, 3.05) is 19.6 Å². The Labute approximate surface area is 98.7 Å². The lowest BCUT2D eigenvalue weighted by molar-refractivity contribution is 0.119. The van der Waals surface area contributed by atoms with Gasteiger partial charge in [-0.05, 0) is 25.8 Å². The van der Waals surface area contributed by atoms with Crippen LogP contribution in [0, 0.1) is 0 Å². The second-order valence-electron chi connectivity index (χ2n) is 4.83. The summed E-state index contributed by atoms with van der Waals surface area (Å²) in [7, 11) is 0. The molecule has 2 heteroatoms. The second-order valence-corrected chi connectivity index (χ2v) is 4.83. The first kappa shape index (κ1) is 11.6. The van der Waals surface area contributed by atoms with Gasteiger partial charge in [-0.25, -0.2) is 0 Å². The third kappa shape index (κ3) is 2.83. The fourth-order valence-corrected chi connectivity index (χ4v) is 2.51. The molecule has 1 aliphatic heterocycles. The van der Waals surface area contributed by atoms with Crippen LogP contribution in [0.25, 0.3) is 0 Å². The largest absolute Gasteiger partial charge is 0.314 e. The zero-order chi connectivity index (χ0) is 11.4. The summed E-state index contributed by atoms with van der Waals surface area (Å²) in [5, 5.41) is 3.47. The minimum atomic E-state index is 0.660. The predicted molar refractivity (Wildman–Crippen MR) is 68.6 cm³/mol. The Balaban J connectivity index is 1.89. The zero-order valence-electron chi connectivity index (χ0n) is 10.3. The standard InChI is InChI=1S/C14H22N2/c1-12-10-15-11-13(2)16(12)9-8-14-6-4-3-5-7-14/h3-7,12-13,15H,8-11H2,1-2H3/t12-,13+. The van der Waals surface area contributed by atoms with Crippen LogP contribution in [0.3, 0.4) is 0 Å². The normalized spacial score (nSPS) is 26.9. The number of hydrogen-bond donors (Lipinski definition) is 1. The van der Waals surface area contributed by atoms with Gasteiger partial charge in [0.25, 0.3) is 0 Å². The van der Waals surface area contributed by atoms with Crippen molar-refractivity contribution >= 4 is 0 Å². The smallest absolute Gasteiger partial charge is 0.0195 e. The molecule has 2 nitrogen and oxygen atoms in total. The molecule has 2 rings (SSSR count). The predicted octanol–water partition coefficient (Wildman–Crippen LogP) is 1.91. The number of hydrogen-bond acceptors (Lipinski definition) is 2. The molecule has 1 saturated heterocycles. The van der Waals surface area contributed by atoms with Crippen LogP contribution in [-0.4, -0.2) is 36.6 Å². The monoisotopic (exact) mass is 218 g/mol. The molecule has 1 aliphatic rings. The van der Waals surface area contributed by atoms with Gasteiger partial charge >= 0.3 is 0 Å². The molecule has 0 saturated carbocycles. The minimum absolute atomic E-state index is 0.660. The van der Waals surface area contributed by atoms with Crippen LogP contribution in [0.15, 0.2) is 30.3 Å². The Morgan fingerprint density at radius 3 is 2.38 bits per heavy atom. The third-order valence-electron chi connectivity index (χ3n) is 3.51. The summed E-state index contributed by atoms with van der Waals surface area (Å²) in [4.78, 5) is 2.61. The summed E-state index contributed by atoms with van der Waals surface area (Å²) in [6, 6.07) is 12.1. The number of rotatable bonds is 3. The molecule has 0 radical (unpaired) electrons. The van der Waals surface area contributed by atoms with Crippen molar-refractivity contribution in [3.05, 3.63) is 35.9 Å². The molecule has 1 fully saturated rings. The number of nitrogens with zero attached hydrogens (tertiary/aromatic N) is 1. The fraction of sp³-hybridized carbons (Fsp3) is 0.571. The van der Waals surface area contributed by atoms with Crippen molar-refractivity contribution in [2.45, 2.75) is 32.4 Å².